The Morgan fingerprint density at radius 3 is 2.37 bits per heavy atom. The summed E-state index contributed by atoms with van der Waals surface area (Å²) in [6.45, 7) is 5.95. The summed E-state index contributed by atoms with van der Waals surface area (Å²) < 4.78 is 36.4. The molecule has 0 bridgehead atoms. The average Bonchev–Trinajstić information content (AvgIpc) is 3.38. The fourth-order valence-corrected chi connectivity index (χ4v) is 5.04. The first-order chi connectivity index (χ1) is 16.9. The minimum atomic E-state index is -4.09. The van der Waals surface area contributed by atoms with Gasteiger partial charge >= 0.3 is 0 Å². The topological polar surface area (TPSA) is 76.0 Å². The number of hydrogen-bond donors (Lipinski definition) is 0. The Kier molecular flexibility index (Phi) is 5.70. The Balaban J connectivity index is 1.72. The van der Waals surface area contributed by atoms with E-state index in [0.29, 0.717) is 29.0 Å². The number of aryl methyl sites for hydroxylation is 1. The van der Waals surface area contributed by atoms with Gasteiger partial charge in [-0.25, -0.2) is 0 Å². The average molecular weight is 483 g/mol. The number of amides is 1. The van der Waals surface area contributed by atoms with Crippen LogP contribution < -0.4 is 4.90 Å². The van der Waals surface area contributed by atoms with E-state index in [-0.39, 0.29) is 16.7 Å². The maximum absolute atomic E-state index is 13.5. The molecule has 2 heterocycles. The SMILES string of the molecule is C=CCN1C(=O)/C(=C2\C=C(c3ccccc3)O\C2=N/S(=O)(=O)c2ccc(C)cc2)c2ccccc21. The van der Waals surface area contributed by atoms with Crippen LogP contribution in [-0.2, 0) is 19.6 Å². The second-order valence-electron chi connectivity index (χ2n) is 8.17. The molecular weight excluding hydrogens is 460 g/mol. The van der Waals surface area contributed by atoms with Gasteiger partial charge in [-0.3, -0.25) is 4.79 Å². The number of anilines is 1. The minimum absolute atomic E-state index is 0.0446. The molecule has 0 N–H and O–H groups in total. The molecule has 0 spiro atoms. The predicted molar refractivity (Wildman–Crippen MR) is 137 cm³/mol. The smallest absolute Gasteiger partial charge is 0.285 e. The molecule has 0 saturated heterocycles. The molecule has 0 saturated carbocycles. The zero-order valence-corrected chi connectivity index (χ0v) is 19.8. The van der Waals surface area contributed by atoms with Crippen LogP contribution in [0.5, 0.6) is 0 Å². The number of ether oxygens (including phenoxy) is 1. The van der Waals surface area contributed by atoms with Gasteiger partial charge in [0.2, 0.25) is 5.90 Å². The fraction of sp³-hybridized carbons (Fsp3) is 0.0714. The molecule has 7 heteroatoms. The van der Waals surface area contributed by atoms with E-state index in [1.807, 2.05) is 61.5 Å². The normalized spacial score (nSPS) is 18.4. The first kappa shape index (κ1) is 22.6. The van der Waals surface area contributed by atoms with Gasteiger partial charge in [-0.15, -0.1) is 11.0 Å². The lowest BCUT2D eigenvalue weighted by Gasteiger charge is -2.14. The van der Waals surface area contributed by atoms with Crippen LogP contribution in [0.2, 0.25) is 0 Å². The predicted octanol–water partition coefficient (Wildman–Crippen LogP) is 5.14. The molecule has 2 aliphatic rings. The molecule has 35 heavy (non-hydrogen) atoms. The van der Waals surface area contributed by atoms with E-state index in [1.54, 1.807) is 29.2 Å². The monoisotopic (exact) mass is 482 g/mol. The van der Waals surface area contributed by atoms with E-state index in [1.165, 1.54) is 12.1 Å². The van der Waals surface area contributed by atoms with Gasteiger partial charge in [-0.2, -0.15) is 8.42 Å². The second kappa shape index (κ2) is 8.85. The zero-order valence-electron chi connectivity index (χ0n) is 19.0. The highest BCUT2D eigenvalue weighted by Gasteiger charge is 2.37. The van der Waals surface area contributed by atoms with Crippen LogP contribution in [0.4, 0.5) is 5.69 Å². The Labute approximate surface area is 204 Å². The Morgan fingerprint density at radius 2 is 1.66 bits per heavy atom. The Morgan fingerprint density at radius 1 is 0.971 bits per heavy atom. The zero-order chi connectivity index (χ0) is 24.6. The van der Waals surface area contributed by atoms with Gasteiger partial charge < -0.3 is 9.64 Å². The molecule has 5 rings (SSSR count). The van der Waals surface area contributed by atoms with E-state index in [9.17, 15) is 13.2 Å². The van der Waals surface area contributed by atoms with Crippen LogP contribution in [0.25, 0.3) is 11.3 Å². The quantitative estimate of drug-likeness (QED) is 0.373. The standard InChI is InChI=1S/C28H22N2O4S/c1-3-17-30-24-12-8-7-11-22(24)26(28(30)31)23-18-25(20-9-5-4-6-10-20)34-27(23)29-35(32,33)21-15-13-19(2)14-16-21/h3-16,18H,1,17H2,2H3/b26-23+,29-27-. The molecule has 3 aromatic carbocycles. The van der Waals surface area contributed by atoms with Gasteiger partial charge in [0.15, 0.2) is 0 Å². The Bertz CT molecular complexity index is 1530. The summed E-state index contributed by atoms with van der Waals surface area (Å²) >= 11 is 0. The van der Waals surface area contributed by atoms with E-state index < -0.39 is 10.0 Å². The van der Waals surface area contributed by atoms with Crippen molar-refractivity contribution in [3.63, 3.8) is 0 Å². The van der Waals surface area contributed by atoms with Gasteiger partial charge in [-0.05, 0) is 31.2 Å². The van der Waals surface area contributed by atoms with Crippen LogP contribution in [0.3, 0.4) is 0 Å². The number of sulfonamides is 1. The molecule has 0 unspecified atom stereocenters. The first-order valence-corrected chi connectivity index (χ1v) is 12.5. The molecule has 0 fully saturated rings. The maximum Gasteiger partial charge on any atom is 0.285 e. The lowest BCUT2D eigenvalue weighted by molar-refractivity contribution is -0.112. The van der Waals surface area contributed by atoms with Crippen molar-refractivity contribution in [3.05, 3.63) is 120 Å². The number of rotatable bonds is 5. The molecule has 0 aliphatic carbocycles. The highest BCUT2D eigenvalue weighted by atomic mass is 32.2. The van der Waals surface area contributed by atoms with Crippen molar-refractivity contribution >= 4 is 38.8 Å². The van der Waals surface area contributed by atoms with Gasteiger partial charge in [0, 0.05) is 17.7 Å². The molecule has 1 amide bonds. The van der Waals surface area contributed by atoms with Crippen molar-refractivity contribution in [2.24, 2.45) is 4.40 Å². The molecule has 0 radical (unpaired) electrons. The van der Waals surface area contributed by atoms with Crippen molar-refractivity contribution in [2.45, 2.75) is 11.8 Å². The van der Waals surface area contributed by atoms with Gasteiger partial charge in [0.25, 0.3) is 15.9 Å². The summed E-state index contributed by atoms with van der Waals surface area (Å²) in [6, 6.07) is 23.1. The summed E-state index contributed by atoms with van der Waals surface area (Å²) in [6.07, 6.45) is 3.33. The van der Waals surface area contributed by atoms with Crippen LogP contribution in [-0.4, -0.2) is 26.8 Å². The number of hydrogen-bond acceptors (Lipinski definition) is 4. The van der Waals surface area contributed by atoms with E-state index >= 15 is 0 Å². The molecule has 0 atom stereocenters. The molecule has 2 aliphatic heterocycles. The van der Waals surface area contributed by atoms with Crippen molar-refractivity contribution in [1.29, 1.82) is 0 Å². The van der Waals surface area contributed by atoms with E-state index in [2.05, 4.69) is 11.0 Å². The van der Waals surface area contributed by atoms with Crippen molar-refractivity contribution in [1.82, 2.24) is 0 Å². The lowest BCUT2D eigenvalue weighted by atomic mass is 10.0. The molecule has 3 aromatic rings. The van der Waals surface area contributed by atoms with Crippen LogP contribution in [0, 0.1) is 6.92 Å². The molecule has 0 aromatic heterocycles. The second-order valence-corrected chi connectivity index (χ2v) is 9.78. The number of fused-ring (bicyclic) bond motifs is 1. The minimum Gasteiger partial charge on any atom is -0.437 e. The maximum atomic E-state index is 13.5. The molecular formula is C28H22N2O4S. The summed E-state index contributed by atoms with van der Waals surface area (Å²) in [4.78, 5) is 15.2. The van der Waals surface area contributed by atoms with Crippen molar-refractivity contribution in [3.8, 4) is 0 Å². The number of para-hydroxylation sites is 1. The van der Waals surface area contributed by atoms with Crippen LogP contribution in [0.1, 0.15) is 16.7 Å². The number of carbonyl (C=O) groups excluding carboxylic acids is 1. The van der Waals surface area contributed by atoms with Crippen molar-refractivity contribution in [2.75, 3.05) is 11.4 Å². The van der Waals surface area contributed by atoms with Gasteiger partial charge in [0.05, 0.1) is 21.7 Å². The van der Waals surface area contributed by atoms with E-state index in [4.69, 9.17) is 4.74 Å². The van der Waals surface area contributed by atoms with Crippen LogP contribution in [0.15, 0.2) is 112 Å². The third kappa shape index (κ3) is 4.11. The van der Waals surface area contributed by atoms with Crippen LogP contribution >= 0.6 is 0 Å². The molecule has 174 valence electrons. The summed E-state index contributed by atoms with van der Waals surface area (Å²) in [5.41, 5.74) is 3.74. The summed E-state index contributed by atoms with van der Waals surface area (Å²) in [7, 11) is -4.09. The number of carbonyl (C=O) groups is 1. The van der Waals surface area contributed by atoms with Gasteiger partial charge in [0.1, 0.15) is 5.76 Å². The third-order valence-corrected chi connectivity index (χ3v) is 7.07. The van der Waals surface area contributed by atoms with Crippen molar-refractivity contribution < 1.29 is 17.9 Å². The number of nitrogens with zero attached hydrogens (tertiary/aromatic N) is 2. The highest BCUT2D eigenvalue weighted by Crippen LogP contribution is 2.42. The third-order valence-electron chi connectivity index (χ3n) is 5.80. The fourth-order valence-electron chi connectivity index (χ4n) is 4.10. The first-order valence-electron chi connectivity index (χ1n) is 11.0. The largest absolute Gasteiger partial charge is 0.437 e. The summed E-state index contributed by atoms with van der Waals surface area (Å²) in [5, 5.41) is 0. The summed E-state index contributed by atoms with van der Waals surface area (Å²) in [5.74, 6) is 0.0112. The number of benzene rings is 3. The van der Waals surface area contributed by atoms with Gasteiger partial charge in [-0.1, -0.05) is 72.3 Å². The highest BCUT2D eigenvalue weighted by molar-refractivity contribution is 7.90. The molecule has 6 nitrogen and oxygen atoms in total. The lowest BCUT2D eigenvalue weighted by Crippen LogP contribution is -2.26. The van der Waals surface area contributed by atoms with E-state index in [0.717, 1.165) is 16.8 Å². The Hall–Kier alpha value is -4.23.